The van der Waals surface area contributed by atoms with E-state index in [1.807, 2.05) is 36.4 Å². The molecule has 0 fully saturated rings. The van der Waals surface area contributed by atoms with Crippen molar-refractivity contribution in [3.05, 3.63) is 77.9 Å². The molecule has 0 spiro atoms. The van der Waals surface area contributed by atoms with Gasteiger partial charge in [0.1, 0.15) is 0 Å². The van der Waals surface area contributed by atoms with E-state index >= 15 is 0 Å². The highest BCUT2D eigenvalue weighted by molar-refractivity contribution is 5.85. The van der Waals surface area contributed by atoms with Gasteiger partial charge in [0.05, 0.1) is 5.71 Å². The molecule has 0 atom stereocenters. The van der Waals surface area contributed by atoms with Crippen LogP contribution in [0.15, 0.2) is 71.9 Å². The maximum atomic E-state index is 11.0. The molecule has 3 nitrogen and oxygen atoms in total. The van der Waals surface area contributed by atoms with Gasteiger partial charge in [-0.05, 0) is 36.8 Å². The number of oxime groups is 1. The fraction of sp³-hybridized carbons (Fsp3) is 0.238. The maximum Gasteiger partial charge on any atom is 0.331 e. The first-order chi connectivity index (χ1) is 11.7. The zero-order chi connectivity index (χ0) is 17.0. The average Bonchev–Trinajstić information content (AvgIpc) is 2.62. The van der Waals surface area contributed by atoms with Gasteiger partial charge in [-0.15, -0.1) is 0 Å². The van der Waals surface area contributed by atoms with Crippen LogP contribution in [-0.4, -0.2) is 11.7 Å². The van der Waals surface area contributed by atoms with Crippen molar-refractivity contribution in [1.82, 2.24) is 0 Å². The van der Waals surface area contributed by atoms with Crippen LogP contribution in [0.1, 0.15) is 37.3 Å². The Hall–Kier alpha value is -2.68. The van der Waals surface area contributed by atoms with E-state index < -0.39 is 0 Å². The summed E-state index contributed by atoms with van der Waals surface area (Å²) in [6, 6.07) is 20.4. The van der Waals surface area contributed by atoms with Gasteiger partial charge in [-0.2, -0.15) is 0 Å². The fourth-order valence-electron chi connectivity index (χ4n) is 2.31. The van der Waals surface area contributed by atoms with Crippen LogP contribution in [0.3, 0.4) is 0 Å². The van der Waals surface area contributed by atoms with Crippen LogP contribution in [0, 0.1) is 0 Å². The van der Waals surface area contributed by atoms with E-state index in [2.05, 4.69) is 41.6 Å². The second-order valence-corrected chi connectivity index (χ2v) is 5.58. The van der Waals surface area contributed by atoms with Crippen LogP contribution >= 0.6 is 0 Å². The number of nitrogens with zero attached hydrogens (tertiary/aromatic N) is 1. The van der Waals surface area contributed by atoms with Crippen molar-refractivity contribution in [2.75, 3.05) is 0 Å². The van der Waals surface area contributed by atoms with E-state index in [0.717, 1.165) is 31.4 Å². The quantitative estimate of drug-likeness (QED) is 0.388. The van der Waals surface area contributed by atoms with Gasteiger partial charge in [-0.3, -0.25) is 0 Å². The van der Waals surface area contributed by atoms with Crippen molar-refractivity contribution in [2.24, 2.45) is 5.16 Å². The van der Waals surface area contributed by atoms with E-state index in [1.54, 1.807) is 0 Å². The molecule has 24 heavy (non-hydrogen) atoms. The van der Waals surface area contributed by atoms with Crippen LogP contribution in [0.2, 0.25) is 0 Å². The molecule has 0 aliphatic rings. The van der Waals surface area contributed by atoms with Crippen LogP contribution in [0.4, 0.5) is 0 Å². The first-order valence-electron chi connectivity index (χ1n) is 8.23. The minimum absolute atomic E-state index is 0.382. The summed E-state index contributed by atoms with van der Waals surface area (Å²) >= 11 is 0. The van der Waals surface area contributed by atoms with Crippen molar-refractivity contribution in [3.8, 4) is 0 Å². The van der Waals surface area contributed by atoms with E-state index in [0.29, 0.717) is 0 Å². The SMILES string of the molecule is CC(=O)O/N=C(\CC/C=C/c1ccccc1)CCc1ccccc1. The summed E-state index contributed by atoms with van der Waals surface area (Å²) in [5, 5.41) is 4.02. The Morgan fingerprint density at radius 1 is 1.00 bits per heavy atom. The Kier molecular flexibility index (Phi) is 7.48. The summed E-state index contributed by atoms with van der Waals surface area (Å²) in [4.78, 5) is 15.8. The van der Waals surface area contributed by atoms with Gasteiger partial charge in [0.2, 0.25) is 0 Å². The number of rotatable bonds is 8. The molecular weight excluding hydrogens is 298 g/mol. The monoisotopic (exact) mass is 321 g/mol. The molecule has 0 N–H and O–H groups in total. The third kappa shape index (κ3) is 7.05. The maximum absolute atomic E-state index is 11.0. The lowest BCUT2D eigenvalue weighted by atomic mass is 10.0. The predicted molar refractivity (Wildman–Crippen MR) is 98.7 cm³/mol. The van der Waals surface area contributed by atoms with Crippen molar-refractivity contribution in [1.29, 1.82) is 0 Å². The third-order valence-corrected chi connectivity index (χ3v) is 3.56. The summed E-state index contributed by atoms with van der Waals surface area (Å²) in [6.45, 7) is 1.37. The number of hydrogen-bond acceptors (Lipinski definition) is 3. The van der Waals surface area contributed by atoms with Crippen molar-refractivity contribution >= 4 is 17.8 Å². The summed E-state index contributed by atoms with van der Waals surface area (Å²) in [7, 11) is 0. The van der Waals surface area contributed by atoms with E-state index in [9.17, 15) is 4.79 Å². The molecular formula is C21H23NO2. The lowest BCUT2D eigenvalue weighted by Crippen LogP contribution is -2.04. The van der Waals surface area contributed by atoms with Crippen molar-refractivity contribution in [2.45, 2.75) is 32.6 Å². The molecule has 0 radical (unpaired) electrons. The zero-order valence-electron chi connectivity index (χ0n) is 14.0. The molecule has 0 bridgehead atoms. The van der Waals surface area contributed by atoms with E-state index in [1.165, 1.54) is 18.1 Å². The lowest BCUT2D eigenvalue weighted by Gasteiger charge is -2.05. The van der Waals surface area contributed by atoms with Crippen LogP contribution in [-0.2, 0) is 16.1 Å². The molecule has 2 aromatic rings. The lowest BCUT2D eigenvalue weighted by molar-refractivity contribution is -0.140. The van der Waals surface area contributed by atoms with Gasteiger partial charge in [-0.1, -0.05) is 78.0 Å². The van der Waals surface area contributed by atoms with Gasteiger partial charge in [0.25, 0.3) is 0 Å². The minimum atomic E-state index is -0.382. The Morgan fingerprint density at radius 3 is 2.33 bits per heavy atom. The van der Waals surface area contributed by atoms with Gasteiger partial charge in [0, 0.05) is 6.92 Å². The van der Waals surface area contributed by atoms with Crippen LogP contribution in [0.25, 0.3) is 6.08 Å². The van der Waals surface area contributed by atoms with E-state index in [4.69, 9.17) is 4.84 Å². The average molecular weight is 321 g/mol. The molecule has 124 valence electrons. The second-order valence-electron chi connectivity index (χ2n) is 5.58. The topological polar surface area (TPSA) is 38.7 Å². The largest absolute Gasteiger partial charge is 0.331 e. The summed E-state index contributed by atoms with van der Waals surface area (Å²) in [6.07, 6.45) is 7.55. The third-order valence-electron chi connectivity index (χ3n) is 3.56. The molecule has 0 saturated heterocycles. The highest BCUT2D eigenvalue weighted by Crippen LogP contribution is 2.09. The molecule has 2 rings (SSSR count). The van der Waals surface area contributed by atoms with Crippen molar-refractivity contribution in [3.63, 3.8) is 0 Å². The molecule has 0 heterocycles. The highest BCUT2D eigenvalue weighted by Gasteiger charge is 2.03. The standard InChI is InChI=1S/C21H23NO2/c1-18(23)24-22-21(17-16-20-12-6-3-7-13-20)15-9-8-14-19-10-4-2-5-11-19/h2-8,10-14H,9,15-17H2,1H3/b14-8+,22-21+. The normalized spacial score (nSPS) is 11.6. The van der Waals surface area contributed by atoms with Crippen molar-refractivity contribution < 1.29 is 9.63 Å². The molecule has 0 aliphatic carbocycles. The fourth-order valence-corrected chi connectivity index (χ4v) is 2.31. The number of carbonyl (C=O) groups excluding carboxylic acids is 1. The van der Waals surface area contributed by atoms with Gasteiger partial charge < -0.3 is 4.84 Å². The molecule has 0 aliphatic heterocycles. The first kappa shape index (κ1) is 17.7. The smallest absolute Gasteiger partial charge is 0.319 e. The molecule has 0 unspecified atom stereocenters. The second kappa shape index (κ2) is 10.2. The number of benzene rings is 2. The number of hydrogen-bond donors (Lipinski definition) is 0. The molecule has 3 heteroatoms. The Bertz CT molecular complexity index is 675. The minimum Gasteiger partial charge on any atom is -0.319 e. The predicted octanol–water partition coefficient (Wildman–Crippen LogP) is 5.03. The molecule has 2 aromatic carbocycles. The van der Waals surface area contributed by atoms with Gasteiger partial charge in [-0.25, -0.2) is 4.79 Å². The van der Waals surface area contributed by atoms with Crippen LogP contribution in [0.5, 0.6) is 0 Å². The van der Waals surface area contributed by atoms with Gasteiger partial charge in [0.15, 0.2) is 0 Å². The molecule has 0 amide bonds. The number of aryl methyl sites for hydroxylation is 1. The Labute approximate surface area is 143 Å². The number of allylic oxidation sites excluding steroid dienone is 1. The van der Waals surface area contributed by atoms with Gasteiger partial charge >= 0.3 is 5.97 Å². The number of carbonyl (C=O) groups is 1. The highest BCUT2D eigenvalue weighted by atomic mass is 16.7. The van der Waals surface area contributed by atoms with Crippen LogP contribution < -0.4 is 0 Å². The molecule has 0 aromatic heterocycles. The summed E-state index contributed by atoms with van der Waals surface area (Å²) in [5.74, 6) is -0.382. The summed E-state index contributed by atoms with van der Waals surface area (Å²) < 4.78 is 0. The van der Waals surface area contributed by atoms with E-state index in [-0.39, 0.29) is 5.97 Å². The summed E-state index contributed by atoms with van der Waals surface area (Å²) in [5.41, 5.74) is 3.35. The Morgan fingerprint density at radius 2 is 1.67 bits per heavy atom. The molecule has 0 saturated carbocycles. The first-order valence-corrected chi connectivity index (χ1v) is 8.23. The zero-order valence-corrected chi connectivity index (χ0v) is 14.0. The Balaban J connectivity index is 1.87.